The number of ether oxygens (including phenoxy) is 3. The van der Waals surface area contributed by atoms with Gasteiger partial charge in [0.1, 0.15) is 16.4 Å². The molecule has 7 nitrogen and oxygen atoms in total. The molecule has 0 aliphatic heterocycles. The monoisotopic (exact) mass is 379 g/mol. The van der Waals surface area contributed by atoms with Gasteiger partial charge in [-0.3, -0.25) is 4.98 Å². The third-order valence-corrected chi connectivity index (χ3v) is 5.23. The Morgan fingerprint density at radius 2 is 1.88 bits per heavy atom. The highest BCUT2D eigenvalue weighted by Crippen LogP contribution is 2.30. The zero-order valence-electron chi connectivity index (χ0n) is 14.9. The lowest BCUT2D eigenvalue weighted by molar-refractivity contribution is 0.0504. The molecule has 0 aliphatic rings. The summed E-state index contributed by atoms with van der Waals surface area (Å²) in [7, 11) is -0.898. The van der Waals surface area contributed by atoms with Crippen molar-refractivity contribution >= 4 is 15.8 Å². The summed E-state index contributed by atoms with van der Waals surface area (Å²) in [5.41, 5.74) is 0.588. The number of esters is 1. The van der Waals surface area contributed by atoms with Crippen LogP contribution < -0.4 is 9.47 Å². The molecule has 0 fully saturated rings. The molecule has 2 aromatic rings. The zero-order chi connectivity index (χ0) is 19.2. The third-order valence-electron chi connectivity index (χ3n) is 3.53. The summed E-state index contributed by atoms with van der Waals surface area (Å²) in [6.45, 7) is 2.18. The predicted octanol–water partition coefficient (Wildman–Crippen LogP) is 2.64. The first kappa shape index (κ1) is 19.7. The van der Waals surface area contributed by atoms with E-state index in [2.05, 4.69) is 4.98 Å². The highest BCUT2D eigenvalue weighted by Gasteiger charge is 2.22. The fourth-order valence-electron chi connectivity index (χ4n) is 2.28. The van der Waals surface area contributed by atoms with Gasteiger partial charge in [-0.15, -0.1) is 0 Å². The molecule has 0 spiro atoms. The number of carbonyl (C=O) groups excluding carboxylic acids is 1. The minimum atomic E-state index is -3.75. The summed E-state index contributed by atoms with van der Waals surface area (Å²) in [6.07, 6.45) is 3.45. The van der Waals surface area contributed by atoms with Gasteiger partial charge in [0.15, 0.2) is 9.84 Å². The highest BCUT2D eigenvalue weighted by molar-refractivity contribution is 7.90. The second-order valence-electron chi connectivity index (χ2n) is 5.49. The predicted molar refractivity (Wildman–Crippen MR) is 95.2 cm³/mol. The first-order chi connectivity index (χ1) is 12.4. The van der Waals surface area contributed by atoms with Crippen molar-refractivity contribution < 1.29 is 27.4 Å². The molecule has 0 atom stereocenters. The molecule has 0 bridgehead atoms. The molecule has 0 unspecified atom stereocenters. The number of benzene rings is 1. The van der Waals surface area contributed by atoms with Crippen LogP contribution in [-0.2, 0) is 20.3 Å². The molecule has 26 heavy (non-hydrogen) atoms. The van der Waals surface area contributed by atoms with E-state index in [0.29, 0.717) is 24.3 Å². The van der Waals surface area contributed by atoms with E-state index in [9.17, 15) is 13.2 Å². The normalized spacial score (nSPS) is 11.0. The lowest BCUT2D eigenvalue weighted by Gasteiger charge is -2.11. The Hall–Kier alpha value is -2.61. The molecule has 1 aromatic heterocycles. The van der Waals surface area contributed by atoms with Crippen LogP contribution in [0.4, 0.5) is 0 Å². The maximum Gasteiger partial charge on any atom is 0.339 e. The number of aromatic nitrogens is 1. The minimum Gasteiger partial charge on any atom is -0.497 e. The average Bonchev–Trinajstić information content (AvgIpc) is 2.65. The molecule has 0 radical (unpaired) electrons. The van der Waals surface area contributed by atoms with Gasteiger partial charge in [-0.05, 0) is 30.2 Å². The molecule has 1 aromatic carbocycles. The number of carbonyl (C=O) groups is 1. The van der Waals surface area contributed by atoms with Gasteiger partial charge in [0.2, 0.25) is 0 Å². The summed E-state index contributed by atoms with van der Waals surface area (Å²) in [5, 5.41) is 0. The summed E-state index contributed by atoms with van der Waals surface area (Å²) < 4.78 is 40.9. The van der Waals surface area contributed by atoms with E-state index >= 15 is 0 Å². The van der Waals surface area contributed by atoms with E-state index in [1.807, 2.05) is 6.92 Å². The van der Waals surface area contributed by atoms with Crippen LogP contribution in [0, 0.1) is 0 Å². The molecule has 0 amide bonds. The van der Waals surface area contributed by atoms with Crippen LogP contribution in [0.5, 0.6) is 11.5 Å². The number of pyridine rings is 1. The van der Waals surface area contributed by atoms with Crippen molar-refractivity contribution in [2.75, 3.05) is 20.8 Å². The van der Waals surface area contributed by atoms with Crippen LogP contribution in [0.3, 0.4) is 0 Å². The Labute approximate surface area is 152 Å². The topological polar surface area (TPSA) is 91.8 Å². The first-order valence-electron chi connectivity index (χ1n) is 7.97. The van der Waals surface area contributed by atoms with E-state index in [1.54, 1.807) is 6.07 Å². The Balaban J connectivity index is 2.31. The number of hydrogen-bond donors (Lipinski definition) is 0. The third kappa shape index (κ3) is 4.72. The van der Waals surface area contributed by atoms with Gasteiger partial charge in [-0.25, -0.2) is 13.2 Å². The number of rotatable bonds is 8. The average molecular weight is 379 g/mol. The van der Waals surface area contributed by atoms with E-state index in [0.717, 1.165) is 0 Å². The first-order valence-corrected chi connectivity index (χ1v) is 9.62. The van der Waals surface area contributed by atoms with Gasteiger partial charge in [0, 0.05) is 18.5 Å². The van der Waals surface area contributed by atoms with Gasteiger partial charge in [0.05, 0.1) is 32.1 Å². The number of sulfone groups is 1. The molecule has 140 valence electrons. The van der Waals surface area contributed by atoms with Crippen molar-refractivity contribution in [3.63, 3.8) is 0 Å². The molecule has 0 saturated carbocycles. The summed E-state index contributed by atoms with van der Waals surface area (Å²) in [5.74, 6) is -0.243. The Morgan fingerprint density at radius 1 is 1.12 bits per heavy atom. The summed E-state index contributed by atoms with van der Waals surface area (Å²) >= 11 is 0. The fraction of sp³-hybridized carbons (Fsp3) is 0.333. The maximum absolute atomic E-state index is 12.8. The van der Waals surface area contributed by atoms with Gasteiger partial charge >= 0.3 is 5.97 Å². The van der Waals surface area contributed by atoms with Gasteiger partial charge in [0.25, 0.3) is 0 Å². The van der Waals surface area contributed by atoms with Gasteiger partial charge in [-0.1, -0.05) is 6.92 Å². The standard InChI is InChI=1S/C18H21NO6S/c1-4-7-25-18(20)14-8-13(10-19-11-14)12-26(21,22)17-9-15(23-2)5-6-16(17)24-3/h5-6,8-11H,4,7,12H2,1-3H3. The van der Waals surface area contributed by atoms with Gasteiger partial charge in [-0.2, -0.15) is 0 Å². The Morgan fingerprint density at radius 3 is 2.54 bits per heavy atom. The molecule has 0 aliphatic carbocycles. The molecular weight excluding hydrogens is 358 g/mol. The number of nitrogens with zero attached hydrogens (tertiary/aromatic N) is 1. The van der Waals surface area contributed by atoms with Gasteiger partial charge < -0.3 is 14.2 Å². The van der Waals surface area contributed by atoms with E-state index in [-0.39, 0.29) is 22.0 Å². The maximum atomic E-state index is 12.8. The smallest absolute Gasteiger partial charge is 0.339 e. The van der Waals surface area contributed by atoms with E-state index in [1.165, 1.54) is 44.8 Å². The van der Waals surface area contributed by atoms with Crippen LogP contribution in [0.1, 0.15) is 29.3 Å². The summed E-state index contributed by atoms with van der Waals surface area (Å²) in [4.78, 5) is 15.9. The van der Waals surface area contributed by atoms with Crippen LogP contribution >= 0.6 is 0 Å². The molecule has 0 saturated heterocycles. The van der Waals surface area contributed by atoms with Crippen LogP contribution in [-0.4, -0.2) is 40.2 Å². The summed E-state index contributed by atoms with van der Waals surface area (Å²) in [6, 6.07) is 6.02. The zero-order valence-corrected chi connectivity index (χ0v) is 15.7. The highest BCUT2D eigenvalue weighted by atomic mass is 32.2. The quantitative estimate of drug-likeness (QED) is 0.651. The minimum absolute atomic E-state index is 0.0123. The van der Waals surface area contributed by atoms with Crippen LogP contribution in [0.25, 0.3) is 0 Å². The Kier molecular flexibility index (Phi) is 6.57. The number of methoxy groups -OCH3 is 2. The molecule has 8 heteroatoms. The van der Waals surface area contributed by atoms with Crippen LogP contribution in [0.2, 0.25) is 0 Å². The van der Waals surface area contributed by atoms with Crippen LogP contribution in [0.15, 0.2) is 41.6 Å². The second-order valence-corrected chi connectivity index (χ2v) is 7.45. The molecule has 0 N–H and O–H groups in total. The van der Waals surface area contributed by atoms with Crippen molar-refractivity contribution in [2.24, 2.45) is 0 Å². The molecule has 2 rings (SSSR count). The fourth-order valence-corrected chi connectivity index (χ4v) is 3.79. The van der Waals surface area contributed by atoms with Crippen molar-refractivity contribution in [1.82, 2.24) is 4.98 Å². The molecular formula is C18H21NO6S. The van der Waals surface area contributed by atoms with Crippen molar-refractivity contribution in [2.45, 2.75) is 24.0 Å². The number of hydrogen-bond acceptors (Lipinski definition) is 7. The Bertz CT molecular complexity index is 879. The SMILES string of the molecule is CCCOC(=O)c1cncc(CS(=O)(=O)c2cc(OC)ccc2OC)c1. The second kappa shape index (κ2) is 8.66. The largest absolute Gasteiger partial charge is 0.497 e. The van der Waals surface area contributed by atoms with Crippen molar-refractivity contribution in [3.05, 3.63) is 47.8 Å². The lowest BCUT2D eigenvalue weighted by Crippen LogP contribution is -2.10. The van der Waals surface area contributed by atoms with Crippen molar-refractivity contribution in [3.8, 4) is 11.5 Å². The van der Waals surface area contributed by atoms with E-state index in [4.69, 9.17) is 14.2 Å². The molecule has 1 heterocycles. The van der Waals surface area contributed by atoms with Crippen molar-refractivity contribution in [1.29, 1.82) is 0 Å². The van der Waals surface area contributed by atoms with E-state index < -0.39 is 15.8 Å². The lowest BCUT2D eigenvalue weighted by atomic mass is 10.2.